The van der Waals surface area contributed by atoms with Gasteiger partial charge in [-0.25, -0.2) is 4.39 Å². The van der Waals surface area contributed by atoms with Crippen LogP contribution in [-0.2, 0) is 6.42 Å². The van der Waals surface area contributed by atoms with Gasteiger partial charge in [-0.15, -0.1) is 11.3 Å². The Balaban J connectivity index is 2.13. The van der Waals surface area contributed by atoms with Crippen molar-refractivity contribution in [2.75, 3.05) is 0 Å². The van der Waals surface area contributed by atoms with Gasteiger partial charge in [-0.1, -0.05) is 24.3 Å². The van der Waals surface area contributed by atoms with Gasteiger partial charge in [0.25, 0.3) is 0 Å². The highest BCUT2D eigenvalue weighted by atomic mass is 32.1. The van der Waals surface area contributed by atoms with Gasteiger partial charge in [-0.2, -0.15) is 0 Å². The number of hydrogen-bond donors (Lipinski definition) is 1. The van der Waals surface area contributed by atoms with Crippen LogP contribution in [0.15, 0.2) is 41.8 Å². The van der Waals surface area contributed by atoms with Gasteiger partial charge in [0.2, 0.25) is 0 Å². The lowest BCUT2D eigenvalue weighted by molar-refractivity contribution is 0.595. The Kier molecular flexibility index (Phi) is 3.14. The van der Waals surface area contributed by atoms with Crippen molar-refractivity contribution >= 4 is 11.3 Å². The minimum atomic E-state index is -0.176. The SMILES string of the molecule is NC(Cc1ccccc1F)c1cccs1. The highest BCUT2D eigenvalue weighted by Gasteiger charge is 2.10. The summed E-state index contributed by atoms with van der Waals surface area (Å²) in [6.45, 7) is 0. The Hall–Kier alpha value is -1.19. The fourth-order valence-corrected chi connectivity index (χ4v) is 2.23. The van der Waals surface area contributed by atoms with Crippen LogP contribution in [0.5, 0.6) is 0 Å². The van der Waals surface area contributed by atoms with E-state index >= 15 is 0 Å². The number of hydrogen-bond acceptors (Lipinski definition) is 2. The summed E-state index contributed by atoms with van der Waals surface area (Å²) in [5, 5.41) is 1.98. The number of thiophene rings is 1. The average molecular weight is 221 g/mol. The van der Waals surface area contributed by atoms with Crippen LogP contribution in [0, 0.1) is 5.82 Å². The molecule has 1 aromatic carbocycles. The lowest BCUT2D eigenvalue weighted by Crippen LogP contribution is -2.12. The highest BCUT2D eigenvalue weighted by molar-refractivity contribution is 7.10. The Morgan fingerprint density at radius 1 is 1.20 bits per heavy atom. The summed E-state index contributed by atoms with van der Waals surface area (Å²) in [5.41, 5.74) is 6.66. The van der Waals surface area contributed by atoms with E-state index in [1.54, 1.807) is 23.5 Å². The van der Waals surface area contributed by atoms with E-state index in [1.165, 1.54) is 6.07 Å². The Bertz CT molecular complexity index is 425. The first-order valence-electron chi connectivity index (χ1n) is 4.80. The molecule has 0 aliphatic carbocycles. The maximum atomic E-state index is 13.3. The van der Waals surface area contributed by atoms with E-state index in [1.807, 2.05) is 23.6 Å². The van der Waals surface area contributed by atoms with E-state index in [0.717, 1.165) is 4.88 Å². The standard InChI is InChI=1S/C12H12FNS/c13-10-5-2-1-4-9(10)8-11(14)12-6-3-7-15-12/h1-7,11H,8,14H2. The molecule has 1 aromatic heterocycles. The fraction of sp³-hybridized carbons (Fsp3) is 0.167. The Morgan fingerprint density at radius 2 is 2.00 bits per heavy atom. The molecule has 2 rings (SSSR count). The van der Waals surface area contributed by atoms with Gasteiger partial charge in [0, 0.05) is 10.9 Å². The van der Waals surface area contributed by atoms with E-state index in [4.69, 9.17) is 5.73 Å². The first kappa shape index (κ1) is 10.3. The maximum absolute atomic E-state index is 13.3. The summed E-state index contributed by atoms with van der Waals surface area (Å²) in [4.78, 5) is 1.10. The molecule has 3 heteroatoms. The Morgan fingerprint density at radius 3 is 2.67 bits per heavy atom. The third kappa shape index (κ3) is 2.43. The quantitative estimate of drug-likeness (QED) is 0.846. The maximum Gasteiger partial charge on any atom is 0.126 e. The van der Waals surface area contributed by atoms with Gasteiger partial charge >= 0.3 is 0 Å². The summed E-state index contributed by atoms with van der Waals surface area (Å²) >= 11 is 1.61. The zero-order valence-electron chi connectivity index (χ0n) is 8.19. The predicted octanol–water partition coefficient (Wildman–Crippen LogP) is 3.13. The lowest BCUT2D eigenvalue weighted by atomic mass is 10.1. The van der Waals surface area contributed by atoms with Crippen molar-refractivity contribution in [1.82, 2.24) is 0 Å². The molecule has 1 nitrogen and oxygen atoms in total. The molecule has 0 amide bonds. The van der Waals surface area contributed by atoms with Crippen molar-refractivity contribution < 1.29 is 4.39 Å². The van der Waals surface area contributed by atoms with Crippen LogP contribution < -0.4 is 5.73 Å². The van der Waals surface area contributed by atoms with Gasteiger partial charge < -0.3 is 5.73 Å². The summed E-state index contributed by atoms with van der Waals surface area (Å²) in [6, 6.07) is 10.6. The molecular formula is C12H12FNS. The number of nitrogens with two attached hydrogens (primary N) is 1. The van der Waals surface area contributed by atoms with Gasteiger partial charge in [0.15, 0.2) is 0 Å². The van der Waals surface area contributed by atoms with Crippen molar-refractivity contribution in [2.45, 2.75) is 12.5 Å². The first-order chi connectivity index (χ1) is 7.27. The zero-order valence-corrected chi connectivity index (χ0v) is 9.01. The van der Waals surface area contributed by atoms with Crippen LogP contribution in [0.1, 0.15) is 16.5 Å². The number of benzene rings is 1. The summed E-state index contributed by atoms with van der Waals surface area (Å²) in [5.74, 6) is -0.176. The van der Waals surface area contributed by atoms with Crippen LogP contribution in [-0.4, -0.2) is 0 Å². The highest BCUT2D eigenvalue weighted by Crippen LogP contribution is 2.21. The molecule has 0 bridgehead atoms. The van der Waals surface area contributed by atoms with Gasteiger partial charge in [0.05, 0.1) is 0 Å². The largest absolute Gasteiger partial charge is 0.323 e. The fourth-order valence-electron chi connectivity index (χ4n) is 1.50. The molecule has 0 aliphatic heterocycles. The van der Waals surface area contributed by atoms with Crippen LogP contribution in [0.4, 0.5) is 4.39 Å². The van der Waals surface area contributed by atoms with Crippen LogP contribution in [0.25, 0.3) is 0 Å². The molecule has 0 saturated carbocycles. The monoisotopic (exact) mass is 221 g/mol. The normalized spacial score (nSPS) is 12.7. The predicted molar refractivity (Wildman–Crippen MR) is 61.4 cm³/mol. The molecule has 0 spiro atoms. The van der Waals surface area contributed by atoms with Crippen molar-refractivity contribution in [1.29, 1.82) is 0 Å². The molecule has 1 heterocycles. The van der Waals surface area contributed by atoms with Crippen molar-refractivity contribution in [3.8, 4) is 0 Å². The zero-order chi connectivity index (χ0) is 10.7. The molecule has 1 atom stereocenters. The molecule has 78 valence electrons. The third-order valence-corrected chi connectivity index (χ3v) is 3.31. The van der Waals surface area contributed by atoms with Crippen molar-refractivity contribution in [3.63, 3.8) is 0 Å². The van der Waals surface area contributed by atoms with E-state index < -0.39 is 0 Å². The smallest absolute Gasteiger partial charge is 0.126 e. The summed E-state index contributed by atoms with van der Waals surface area (Å²) in [7, 11) is 0. The third-order valence-electron chi connectivity index (χ3n) is 2.31. The van der Waals surface area contributed by atoms with Crippen LogP contribution in [0.3, 0.4) is 0 Å². The second kappa shape index (κ2) is 4.55. The summed E-state index contributed by atoms with van der Waals surface area (Å²) < 4.78 is 13.3. The topological polar surface area (TPSA) is 26.0 Å². The molecule has 15 heavy (non-hydrogen) atoms. The molecule has 2 aromatic rings. The summed E-state index contributed by atoms with van der Waals surface area (Å²) in [6.07, 6.45) is 0.549. The van der Waals surface area contributed by atoms with E-state index in [0.29, 0.717) is 12.0 Å². The molecule has 0 saturated heterocycles. The molecule has 1 unspecified atom stereocenters. The van der Waals surface area contributed by atoms with E-state index in [2.05, 4.69) is 0 Å². The van der Waals surface area contributed by atoms with Crippen molar-refractivity contribution in [2.24, 2.45) is 5.73 Å². The molecule has 0 fully saturated rings. The molecule has 2 N–H and O–H groups in total. The molecule has 0 radical (unpaired) electrons. The average Bonchev–Trinajstić information content (AvgIpc) is 2.74. The first-order valence-corrected chi connectivity index (χ1v) is 5.67. The Labute approximate surface area is 92.4 Å². The van der Waals surface area contributed by atoms with Gasteiger partial charge in [-0.3, -0.25) is 0 Å². The van der Waals surface area contributed by atoms with Crippen molar-refractivity contribution in [3.05, 3.63) is 58.0 Å². The number of rotatable bonds is 3. The second-order valence-corrected chi connectivity index (χ2v) is 4.40. The van der Waals surface area contributed by atoms with Crippen LogP contribution in [0.2, 0.25) is 0 Å². The molecule has 0 aliphatic rings. The van der Waals surface area contributed by atoms with E-state index in [9.17, 15) is 4.39 Å². The lowest BCUT2D eigenvalue weighted by Gasteiger charge is -2.09. The van der Waals surface area contributed by atoms with Gasteiger partial charge in [0.1, 0.15) is 5.82 Å². The van der Waals surface area contributed by atoms with E-state index in [-0.39, 0.29) is 11.9 Å². The van der Waals surface area contributed by atoms with Gasteiger partial charge in [-0.05, 0) is 29.5 Å². The molecular weight excluding hydrogens is 209 g/mol. The number of halogens is 1. The minimum Gasteiger partial charge on any atom is -0.323 e. The van der Waals surface area contributed by atoms with Crippen LogP contribution >= 0.6 is 11.3 Å². The second-order valence-electron chi connectivity index (χ2n) is 3.42. The minimum absolute atomic E-state index is 0.109.